The number of carbonyl (C=O) groups is 2. The maximum Gasteiger partial charge on any atom is 0.416 e. The van der Waals surface area contributed by atoms with Crippen molar-refractivity contribution in [3.8, 4) is 11.4 Å². The smallest absolute Gasteiger partial charge is 0.416 e. The molecule has 3 aromatic rings. The van der Waals surface area contributed by atoms with Crippen molar-refractivity contribution < 1.29 is 37.0 Å². The van der Waals surface area contributed by atoms with Gasteiger partial charge in [-0.15, -0.1) is 0 Å². The molecule has 0 amide bonds. The number of carbonyl (C=O) groups excluding carboxylic acids is 2. The van der Waals surface area contributed by atoms with Crippen molar-refractivity contribution in [2.75, 3.05) is 27.4 Å². The number of esters is 1. The first-order valence-electron chi connectivity index (χ1n) is 10.2. The van der Waals surface area contributed by atoms with Crippen molar-refractivity contribution in [3.63, 3.8) is 0 Å². The van der Waals surface area contributed by atoms with Gasteiger partial charge in [0.2, 0.25) is 11.5 Å². The number of halogens is 3. The molecule has 3 rings (SSSR count). The van der Waals surface area contributed by atoms with E-state index in [0.717, 1.165) is 28.2 Å². The Kier molecular flexibility index (Phi) is 7.45. The largest absolute Gasteiger partial charge is 0.493 e. The Labute approximate surface area is 193 Å². The van der Waals surface area contributed by atoms with Crippen molar-refractivity contribution in [1.82, 2.24) is 14.3 Å². The van der Waals surface area contributed by atoms with Gasteiger partial charge in [0.25, 0.3) is 0 Å². The number of benzene rings is 1. The molecule has 182 valence electrons. The summed E-state index contributed by atoms with van der Waals surface area (Å²) in [6, 6.07) is 6.16. The zero-order chi connectivity index (χ0) is 25.0. The Morgan fingerprint density at radius 1 is 1.12 bits per heavy atom. The zero-order valence-electron chi connectivity index (χ0n) is 19.1. The second-order valence-electron chi connectivity index (χ2n) is 7.47. The lowest BCUT2D eigenvalue weighted by molar-refractivity contribution is -0.137. The van der Waals surface area contributed by atoms with Gasteiger partial charge < -0.3 is 18.8 Å². The molecule has 0 atom stereocenters. The van der Waals surface area contributed by atoms with Crippen molar-refractivity contribution in [3.05, 3.63) is 64.7 Å². The number of methoxy groups -OCH3 is 2. The topological polar surface area (TPSA) is 84.6 Å². The number of aryl methyl sites for hydroxylation is 1. The summed E-state index contributed by atoms with van der Waals surface area (Å²) >= 11 is 0. The van der Waals surface area contributed by atoms with Crippen LogP contribution in [-0.4, -0.2) is 53.5 Å². The Morgan fingerprint density at radius 3 is 2.50 bits per heavy atom. The van der Waals surface area contributed by atoms with Crippen LogP contribution in [0.4, 0.5) is 13.2 Å². The van der Waals surface area contributed by atoms with Crippen LogP contribution < -0.4 is 4.74 Å². The van der Waals surface area contributed by atoms with Gasteiger partial charge in [0.05, 0.1) is 31.2 Å². The van der Waals surface area contributed by atoms with Gasteiger partial charge in [-0.2, -0.15) is 18.3 Å². The third-order valence-electron chi connectivity index (χ3n) is 5.26. The van der Waals surface area contributed by atoms with Crippen LogP contribution in [-0.2, 0) is 22.2 Å². The molecule has 0 N–H and O–H groups in total. The number of ether oxygens (including phenoxy) is 3. The molecule has 0 unspecified atom stereocenters. The van der Waals surface area contributed by atoms with E-state index in [1.54, 1.807) is 20.1 Å². The van der Waals surface area contributed by atoms with E-state index in [1.165, 1.54) is 25.4 Å². The van der Waals surface area contributed by atoms with Crippen LogP contribution in [0.15, 0.2) is 36.5 Å². The average Bonchev–Trinajstić information content (AvgIpc) is 3.36. The van der Waals surface area contributed by atoms with E-state index in [-0.39, 0.29) is 17.1 Å². The second kappa shape index (κ2) is 10.1. The maximum atomic E-state index is 13.0. The van der Waals surface area contributed by atoms with Crippen LogP contribution in [0, 0.1) is 13.8 Å². The summed E-state index contributed by atoms with van der Waals surface area (Å²) in [5, 5.41) is 4.02. The molecule has 0 radical (unpaired) electrons. The van der Waals surface area contributed by atoms with Crippen molar-refractivity contribution in [2.24, 2.45) is 0 Å². The highest BCUT2D eigenvalue weighted by molar-refractivity contribution is 6.00. The summed E-state index contributed by atoms with van der Waals surface area (Å²) < 4.78 is 57.4. The first-order valence-corrected chi connectivity index (χ1v) is 10.2. The number of ketones is 1. The molecular weight excluding hydrogens is 455 g/mol. The van der Waals surface area contributed by atoms with Gasteiger partial charge in [-0.3, -0.25) is 4.79 Å². The van der Waals surface area contributed by atoms with Crippen LogP contribution in [0.25, 0.3) is 5.69 Å². The van der Waals surface area contributed by atoms with Crippen molar-refractivity contribution in [2.45, 2.75) is 26.6 Å². The molecule has 1 aromatic carbocycles. The third kappa shape index (κ3) is 5.30. The van der Waals surface area contributed by atoms with Gasteiger partial charge in [0.1, 0.15) is 0 Å². The monoisotopic (exact) mass is 479 g/mol. The fourth-order valence-electron chi connectivity index (χ4n) is 3.49. The Balaban J connectivity index is 1.76. The van der Waals surface area contributed by atoms with Gasteiger partial charge >= 0.3 is 12.1 Å². The van der Waals surface area contributed by atoms with Gasteiger partial charge in [0, 0.05) is 30.6 Å². The van der Waals surface area contributed by atoms with E-state index in [1.807, 2.05) is 11.5 Å². The molecule has 0 aliphatic heterocycles. The summed E-state index contributed by atoms with van der Waals surface area (Å²) in [7, 11) is 2.87. The summed E-state index contributed by atoms with van der Waals surface area (Å²) in [5.41, 5.74) is 0.956. The van der Waals surface area contributed by atoms with E-state index in [9.17, 15) is 22.8 Å². The van der Waals surface area contributed by atoms with Gasteiger partial charge in [-0.05, 0) is 38.1 Å². The third-order valence-corrected chi connectivity index (χ3v) is 5.26. The number of alkyl halides is 3. The zero-order valence-corrected chi connectivity index (χ0v) is 19.1. The van der Waals surface area contributed by atoms with E-state index < -0.39 is 30.1 Å². The van der Waals surface area contributed by atoms with E-state index in [2.05, 4.69) is 5.10 Å². The average molecular weight is 479 g/mol. The fraction of sp³-hybridized carbons (Fsp3) is 0.348. The number of Topliss-reactive ketones (excluding diaryl/α,β-unsaturated/α-hetero) is 1. The molecule has 0 aliphatic rings. The molecule has 34 heavy (non-hydrogen) atoms. The van der Waals surface area contributed by atoms with Gasteiger partial charge in [0.15, 0.2) is 12.4 Å². The van der Waals surface area contributed by atoms with Crippen LogP contribution in [0.1, 0.15) is 37.8 Å². The summed E-state index contributed by atoms with van der Waals surface area (Å²) in [5.74, 6) is -1.35. The summed E-state index contributed by atoms with van der Waals surface area (Å²) in [6.45, 7) is 4.17. The Bertz CT molecular complexity index is 1200. The van der Waals surface area contributed by atoms with Crippen LogP contribution in [0.2, 0.25) is 0 Å². The molecule has 0 bridgehead atoms. The highest BCUT2D eigenvalue weighted by atomic mass is 19.4. The quantitative estimate of drug-likeness (QED) is 0.341. The molecule has 2 aromatic heterocycles. The highest BCUT2D eigenvalue weighted by Crippen LogP contribution is 2.31. The minimum atomic E-state index is -4.53. The SMILES string of the molecule is COCCn1c(C)cc(C(=O)COC(=O)c2nn(-c3cccc(C(F)(F)F)c3)cc2OC)c1C. The minimum absolute atomic E-state index is 0.00685. The maximum absolute atomic E-state index is 13.0. The number of nitrogens with zero attached hydrogens (tertiary/aromatic N) is 3. The molecule has 8 nitrogen and oxygen atoms in total. The Hall–Kier alpha value is -3.60. The normalized spacial score (nSPS) is 11.5. The predicted molar refractivity (Wildman–Crippen MR) is 116 cm³/mol. The summed E-state index contributed by atoms with van der Waals surface area (Å²) in [4.78, 5) is 25.3. The molecule has 0 aliphatic carbocycles. The molecule has 11 heteroatoms. The number of hydrogen-bond donors (Lipinski definition) is 0. The molecule has 0 spiro atoms. The molecule has 0 saturated carbocycles. The van der Waals surface area contributed by atoms with Gasteiger partial charge in [-0.1, -0.05) is 6.07 Å². The van der Waals surface area contributed by atoms with Crippen LogP contribution in [0.3, 0.4) is 0 Å². The lowest BCUT2D eigenvalue weighted by Crippen LogP contribution is -2.16. The summed E-state index contributed by atoms with van der Waals surface area (Å²) in [6.07, 6.45) is -3.27. The van der Waals surface area contributed by atoms with Crippen LogP contribution >= 0.6 is 0 Å². The molecule has 2 heterocycles. The Morgan fingerprint density at radius 2 is 1.85 bits per heavy atom. The lowest BCUT2D eigenvalue weighted by atomic mass is 10.1. The van der Waals surface area contributed by atoms with E-state index in [0.29, 0.717) is 18.7 Å². The highest BCUT2D eigenvalue weighted by Gasteiger charge is 2.31. The van der Waals surface area contributed by atoms with Crippen LogP contribution in [0.5, 0.6) is 5.75 Å². The minimum Gasteiger partial charge on any atom is -0.493 e. The fourth-order valence-corrected chi connectivity index (χ4v) is 3.49. The van der Waals surface area contributed by atoms with E-state index >= 15 is 0 Å². The number of aromatic nitrogens is 3. The first-order chi connectivity index (χ1) is 16.1. The standard InChI is InChI=1S/C23H24F3N3O5/c1-14-10-18(15(2)28(14)8-9-32-3)19(30)13-34-22(31)21-20(33-4)12-29(27-21)17-7-5-6-16(11-17)23(24,25)26/h5-7,10-12H,8-9,13H2,1-4H3. The van der Waals surface area contributed by atoms with Crippen molar-refractivity contribution >= 4 is 11.8 Å². The lowest BCUT2D eigenvalue weighted by Gasteiger charge is -2.09. The van der Waals surface area contributed by atoms with Crippen molar-refractivity contribution in [1.29, 1.82) is 0 Å². The predicted octanol–water partition coefficient (Wildman–Crippen LogP) is 4.00. The number of rotatable bonds is 9. The number of hydrogen-bond acceptors (Lipinski definition) is 6. The molecular formula is C23H24F3N3O5. The van der Waals surface area contributed by atoms with E-state index in [4.69, 9.17) is 14.2 Å². The first kappa shape index (κ1) is 25.0. The molecule has 0 fully saturated rings. The van der Waals surface area contributed by atoms with Gasteiger partial charge in [-0.25, -0.2) is 9.48 Å². The molecule has 0 saturated heterocycles. The second-order valence-corrected chi connectivity index (χ2v) is 7.47.